The van der Waals surface area contributed by atoms with Gasteiger partial charge in [-0.2, -0.15) is 13.2 Å². The lowest BCUT2D eigenvalue weighted by atomic mass is 10.1. The van der Waals surface area contributed by atoms with E-state index in [0.29, 0.717) is 10.0 Å². The van der Waals surface area contributed by atoms with Crippen LogP contribution in [0.3, 0.4) is 0 Å². The van der Waals surface area contributed by atoms with Gasteiger partial charge in [-0.15, -0.1) is 0 Å². The van der Waals surface area contributed by atoms with Gasteiger partial charge in [-0.1, -0.05) is 22.0 Å². The maximum absolute atomic E-state index is 12.4. The maximum atomic E-state index is 12.4. The number of rotatable bonds is 6. The highest BCUT2D eigenvalue weighted by atomic mass is 79.9. The number of aromatic carboxylic acids is 1. The molecule has 0 aliphatic carbocycles. The number of benzene rings is 1. The molecule has 8 heteroatoms. The minimum atomic E-state index is -4.36. The second-order valence-electron chi connectivity index (χ2n) is 4.16. The van der Waals surface area contributed by atoms with Crippen molar-refractivity contribution in [3.05, 3.63) is 33.8 Å². The number of halogens is 4. The normalized spacial score (nSPS) is 11.9. The Labute approximate surface area is 121 Å². The summed E-state index contributed by atoms with van der Waals surface area (Å²) in [4.78, 5) is 11.8. The maximum Gasteiger partial charge on any atom is 0.401 e. The largest absolute Gasteiger partial charge is 0.478 e. The molecule has 0 bridgehead atoms. The number of hydrogen-bond acceptors (Lipinski definition) is 3. The average Bonchev–Trinajstić information content (AvgIpc) is 2.29. The number of hydrogen-bond donors (Lipinski definition) is 2. The number of carboxylic acids is 1. The van der Waals surface area contributed by atoms with Gasteiger partial charge in [0.15, 0.2) is 0 Å². The van der Waals surface area contributed by atoms with E-state index < -0.39 is 18.7 Å². The molecule has 0 radical (unpaired) electrons. The minimum Gasteiger partial charge on any atom is -0.478 e. The Balaban J connectivity index is 2.85. The standard InChI is InChI=1S/C12H13BrF3NO3/c13-10-5-8(11(19)20)1-2-9(10)6-17(3-4-18)7-12(14,15)16/h1-2,5,18H,3-4,6-7H2,(H,19,20). The lowest BCUT2D eigenvalue weighted by Crippen LogP contribution is -2.35. The van der Waals surface area contributed by atoms with Crippen LogP contribution in [0.4, 0.5) is 13.2 Å². The summed E-state index contributed by atoms with van der Waals surface area (Å²) in [6.07, 6.45) is -4.36. The molecule has 0 spiro atoms. The van der Waals surface area contributed by atoms with Crippen LogP contribution in [0.25, 0.3) is 0 Å². The second-order valence-corrected chi connectivity index (χ2v) is 5.02. The zero-order valence-electron chi connectivity index (χ0n) is 10.3. The molecule has 0 saturated heterocycles. The van der Waals surface area contributed by atoms with Crippen molar-refractivity contribution in [2.45, 2.75) is 12.7 Å². The van der Waals surface area contributed by atoms with Gasteiger partial charge in [0.05, 0.1) is 18.7 Å². The smallest absolute Gasteiger partial charge is 0.401 e. The zero-order valence-corrected chi connectivity index (χ0v) is 11.9. The molecule has 0 saturated carbocycles. The van der Waals surface area contributed by atoms with Gasteiger partial charge < -0.3 is 10.2 Å². The molecule has 0 aromatic heterocycles. The molecule has 112 valence electrons. The van der Waals surface area contributed by atoms with Gasteiger partial charge in [-0.25, -0.2) is 4.79 Å². The predicted molar refractivity (Wildman–Crippen MR) is 69.5 cm³/mol. The fourth-order valence-corrected chi connectivity index (χ4v) is 2.16. The van der Waals surface area contributed by atoms with Crippen molar-refractivity contribution in [2.75, 3.05) is 19.7 Å². The van der Waals surface area contributed by atoms with Gasteiger partial charge >= 0.3 is 12.1 Å². The molecule has 1 aromatic carbocycles. The Morgan fingerprint density at radius 1 is 1.35 bits per heavy atom. The topological polar surface area (TPSA) is 60.8 Å². The average molecular weight is 356 g/mol. The Hall–Kier alpha value is -1.12. The summed E-state index contributed by atoms with van der Waals surface area (Å²) in [5.74, 6) is -1.11. The number of carbonyl (C=O) groups is 1. The van der Waals surface area contributed by atoms with E-state index in [4.69, 9.17) is 10.2 Å². The SMILES string of the molecule is O=C(O)c1ccc(CN(CCO)CC(F)(F)F)c(Br)c1. The van der Waals surface area contributed by atoms with E-state index in [9.17, 15) is 18.0 Å². The molecule has 0 amide bonds. The first-order valence-corrected chi connectivity index (χ1v) is 6.44. The number of aliphatic hydroxyl groups is 1. The summed E-state index contributed by atoms with van der Waals surface area (Å²) in [7, 11) is 0. The van der Waals surface area contributed by atoms with Crippen molar-refractivity contribution >= 4 is 21.9 Å². The third-order valence-corrected chi connectivity index (χ3v) is 3.25. The second kappa shape index (κ2) is 7.05. The van der Waals surface area contributed by atoms with Crippen LogP contribution in [0, 0.1) is 0 Å². The van der Waals surface area contributed by atoms with Crippen molar-refractivity contribution in [1.29, 1.82) is 0 Å². The minimum absolute atomic E-state index is 0.0411. The highest BCUT2D eigenvalue weighted by Crippen LogP contribution is 2.23. The van der Waals surface area contributed by atoms with Gasteiger partial charge in [0.1, 0.15) is 0 Å². The molecule has 2 N–H and O–H groups in total. The third kappa shape index (κ3) is 5.48. The van der Waals surface area contributed by atoms with E-state index in [1.807, 2.05) is 0 Å². The fraction of sp³-hybridized carbons (Fsp3) is 0.417. The van der Waals surface area contributed by atoms with Gasteiger partial charge in [-0.05, 0) is 17.7 Å². The fourth-order valence-electron chi connectivity index (χ4n) is 1.66. The molecule has 1 rings (SSSR count). The highest BCUT2D eigenvalue weighted by Gasteiger charge is 2.30. The van der Waals surface area contributed by atoms with Gasteiger partial charge in [0, 0.05) is 17.6 Å². The third-order valence-electron chi connectivity index (χ3n) is 2.51. The molecule has 0 fully saturated rings. The summed E-state index contributed by atoms with van der Waals surface area (Å²) in [5, 5.41) is 17.6. The molecule has 0 heterocycles. The summed E-state index contributed by atoms with van der Waals surface area (Å²) in [6, 6.07) is 4.11. The van der Waals surface area contributed by atoms with Crippen molar-refractivity contribution in [3.8, 4) is 0 Å². The van der Waals surface area contributed by atoms with Crippen LogP contribution in [-0.4, -0.2) is 47.0 Å². The first-order valence-electron chi connectivity index (χ1n) is 5.64. The van der Waals surface area contributed by atoms with Crippen molar-refractivity contribution in [2.24, 2.45) is 0 Å². The number of alkyl halides is 3. The zero-order chi connectivity index (χ0) is 15.3. The predicted octanol–water partition coefficient (Wildman–Crippen LogP) is 2.50. The van der Waals surface area contributed by atoms with Crippen LogP contribution in [0.2, 0.25) is 0 Å². The lowest BCUT2D eigenvalue weighted by molar-refractivity contribution is -0.148. The van der Waals surface area contributed by atoms with Crippen molar-refractivity contribution in [3.63, 3.8) is 0 Å². The first kappa shape index (κ1) is 16.9. The molecule has 4 nitrogen and oxygen atoms in total. The Kier molecular flexibility index (Phi) is 5.97. The van der Waals surface area contributed by atoms with E-state index in [0.717, 1.165) is 4.90 Å². The summed E-state index contributed by atoms with van der Waals surface area (Å²) >= 11 is 3.14. The van der Waals surface area contributed by atoms with Crippen LogP contribution in [0.5, 0.6) is 0 Å². The molecule has 0 atom stereocenters. The summed E-state index contributed by atoms with van der Waals surface area (Å²) in [5.41, 5.74) is 0.567. The van der Waals surface area contributed by atoms with Gasteiger partial charge in [-0.3, -0.25) is 4.90 Å². The van der Waals surface area contributed by atoms with E-state index in [1.54, 1.807) is 0 Å². The molecular weight excluding hydrogens is 343 g/mol. The summed E-state index contributed by atoms with van der Waals surface area (Å²) < 4.78 is 37.6. The van der Waals surface area contributed by atoms with Crippen molar-refractivity contribution < 1.29 is 28.2 Å². The van der Waals surface area contributed by atoms with E-state index in [-0.39, 0.29) is 25.3 Å². The Morgan fingerprint density at radius 2 is 2.00 bits per heavy atom. The molecular formula is C12H13BrF3NO3. The lowest BCUT2D eigenvalue weighted by Gasteiger charge is -2.23. The van der Waals surface area contributed by atoms with Gasteiger partial charge in [0.2, 0.25) is 0 Å². The summed E-state index contributed by atoms with van der Waals surface area (Å²) in [6.45, 7) is -1.69. The van der Waals surface area contributed by atoms with Crippen LogP contribution in [-0.2, 0) is 6.54 Å². The number of nitrogens with zero attached hydrogens (tertiary/aromatic N) is 1. The van der Waals surface area contributed by atoms with E-state index in [1.165, 1.54) is 18.2 Å². The quantitative estimate of drug-likeness (QED) is 0.822. The van der Waals surface area contributed by atoms with Gasteiger partial charge in [0.25, 0.3) is 0 Å². The van der Waals surface area contributed by atoms with Crippen LogP contribution >= 0.6 is 15.9 Å². The van der Waals surface area contributed by atoms with Crippen LogP contribution < -0.4 is 0 Å². The molecule has 0 aliphatic heterocycles. The first-order chi connectivity index (χ1) is 9.23. The highest BCUT2D eigenvalue weighted by molar-refractivity contribution is 9.10. The molecule has 1 aromatic rings. The van der Waals surface area contributed by atoms with E-state index >= 15 is 0 Å². The monoisotopic (exact) mass is 355 g/mol. The van der Waals surface area contributed by atoms with E-state index in [2.05, 4.69) is 15.9 Å². The number of carboxylic acid groups (broad SMARTS) is 1. The molecule has 20 heavy (non-hydrogen) atoms. The molecule has 0 unspecified atom stereocenters. The Morgan fingerprint density at radius 3 is 2.45 bits per heavy atom. The number of aliphatic hydroxyl groups excluding tert-OH is 1. The Bertz CT molecular complexity index is 480. The van der Waals surface area contributed by atoms with Crippen LogP contribution in [0.15, 0.2) is 22.7 Å². The van der Waals surface area contributed by atoms with Crippen LogP contribution in [0.1, 0.15) is 15.9 Å². The molecule has 0 aliphatic rings. The van der Waals surface area contributed by atoms with Crippen molar-refractivity contribution in [1.82, 2.24) is 4.90 Å².